The van der Waals surface area contributed by atoms with Gasteiger partial charge in [0.15, 0.2) is 0 Å². The molecule has 1 aromatic heterocycles. The molecule has 0 aliphatic heterocycles. The molecule has 0 aromatic carbocycles. The summed E-state index contributed by atoms with van der Waals surface area (Å²) in [6.45, 7) is 3.41. The van der Waals surface area contributed by atoms with E-state index in [9.17, 15) is 4.39 Å². The van der Waals surface area contributed by atoms with E-state index >= 15 is 0 Å². The second-order valence-corrected chi connectivity index (χ2v) is 2.94. The maximum Gasteiger partial charge on any atom is 0.219 e. The van der Waals surface area contributed by atoms with E-state index in [0.29, 0.717) is 11.4 Å². The van der Waals surface area contributed by atoms with Gasteiger partial charge in [-0.3, -0.25) is 0 Å². The Morgan fingerprint density at radius 3 is 2.85 bits per heavy atom. The van der Waals surface area contributed by atoms with Crippen molar-refractivity contribution in [2.75, 3.05) is 0 Å². The second kappa shape index (κ2) is 4.18. The summed E-state index contributed by atoms with van der Waals surface area (Å²) < 4.78 is 17.9. The van der Waals surface area contributed by atoms with Crippen LogP contribution in [0.15, 0.2) is 12.3 Å². The lowest BCUT2D eigenvalue weighted by Crippen LogP contribution is -2.09. The number of pyridine rings is 1. The smallest absolute Gasteiger partial charge is 0.219 e. The molecule has 0 saturated heterocycles. The summed E-state index contributed by atoms with van der Waals surface area (Å²) in [6, 6.07) is 1.21. The van der Waals surface area contributed by atoms with Gasteiger partial charge in [0.1, 0.15) is 5.82 Å². The van der Waals surface area contributed by atoms with Crippen LogP contribution >= 0.6 is 0 Å². The van der Waals surface area contributed by atoms with Crippen molar-refractivity contribution in [2.24, 2.45) is 0 Å². The molecule has 0 unspecified atom stereocenters. The van der Waals surface area contributed by atoms with Gasteiger partial charge in [-0.1, -0.05) is 0 Å². The fourth-order valence-electron chi connectivity index (χ4n) is 0.911. The van der Waals surface area contributed by atoms with Crippen molar-refractivity contribution in [1.82, 2.24) is 4.98 Å². The van der Waals surface area contributed by atoms with E-state index in [-0.39, 0.29) is 12.7 Å². The molecule has 0 aliphatic carbocycles. The molecule has 13 heavy (non-hydrogen) atoms. The van der Waals surface area contributed by atoms with Crippen LogP contribution in [0, 0.1) is 5.82 Å². The molecule has 0 radical (unpaired) electrons. The Hall–Kier alpha value is -1.16. The molecule has 1 rings (SSSR count). The van der Waals surface area contributed by atoms with E-state index in [1.54, 1.807) is 0 Å². The van der Waals surface area contributed by atoms with Crippen LogP contribution in [0.25, 0.3) is 0 Å². The monoisotopic (exact) mass is 185 g/mol. The lowest BCUT2D eigenvalue weighted by atomic mass is 10.3. The Morgan fingerprint density at radius 2 is 2.31 bits per heavy atom. The highest BCUT2D eigenvalue weighted by Crippen LogP contribution is 2.17. The van der Waals surface area contributed by atoms with Crippen LogP contribution in [-0.4, -0.2) is 16.2 Å². The molecule has 0 spiro atoms. The largest absolute Gasteiger partial charge is 0.475 e. The minimum Gasteiger partial charge on any atom is -0.475 e. The number of aliphatic hydroxyl groups excluding tert-OH is 1. The highest BCUT2D eigenvalue weighted by atomic mass is 19.1. The lowest BCUT2D eigenvalue weighted by Gasteiger charge is -2.11. The Bertz CT molecular complexity index is 289. The number of nitrogens with zero attached hydrogens (tertiary/aromatic N) is 1. The fourth-order valence-corrected chi connectivity index (χ4v) is 0.911. The lowest BCUT2D eigenvalue weighted by molar-refractivity contribution is 0.216. The molecule has 0 fully saturated rings. The Balaban J connectivity index is 2.92. The zero-order valence-corrected chi connectivity index (χ0v) is 7.62. The van der Waals surface area contributed by atoms with Gasteiger partial charge in [0, 0.05) is 5.56 Å². The van der Waals surface area contributed by atoms with Gasteiger partial charge >= 0.3 is 0 Å². The van der Waals surface area contributed by atoms with E-state index in [1.807, 2.05) is 13.8 Å². The van der Waals surface area contributed by atoms with Gasteiger partial charge in [-0.2, -0.15) is 0 Å². The van der Waals surface area contributed by atoms with Crippen LogP contribution in [0.2, 0.25) is 0 Å². The molecule has 0 saturated carbocycles. The molecule has 0 amide bonds. The van der Waals surface area contributed by atoms with Crippen LogP contribution in [0.1, 0.15) is 19.4 Å². The summed E-state index contributed by atoms with van der Waals surface area (Å²) in [6.07, 6.45) is 1.03. The average Bonchev–Trinajstić information content (AvgIpc) is 2.07. The Morgan fingerprint density at radius 1 is 1.62 bits per heavy atom. The first kappa shape index (κ1) is 9.92. The molecular formula is C9H12FNO2. The van der Waals surface area contributed by atoms with Gasteiger partial charge in [0.25, 0.3) is 0 Å². The van der Waals surface area contributed by atoms with Gasteiger partial charge in [0.2, 0.25) is 5.88 Å². The summed E-state index contributed by atoms with van der Waals surface area (Å²) in [7, 11) is 0. The summed E-state index contributed by atoms with van der Waals surface area (Å²) in [4.78, 5) is 3.73. The number of halogens is 1. The predicted octanol–water partition coefficient (Wildman–Crippen LogP) is 1.50. The normalized spacial score (nSPS) is 10.5. The van der Waals surface area contributed by atoms with Crippen molar-refractivity contribution in [3.63, 3.8) is 0 Å². The zero-order valence-electron chi connectivity index (χ0n) is 7.62. The van der Waals surface area contributed by atoms with E-state index in [2.05, 4.69) is 4.98 Å². The van der Waals surface area contributed by atoms with Gasteiger partial charge in [0.05, 0.1) is 18.9 Å². The average molecular weight is 185 g/mol. The Kier molecular flexibility index (Phi) is 3.19. The number of ether oxygens (including phenoxy) is 1. The third kappa shape index (κ3) is 2.66. The zero-order chi connectivity index (χ0) is 9.84. The number of aliphatic hydroxyl groups is 1. The van der Waals surface area contributed by atoms with Crippen LogP contribution in [0.3, 0.4) is 0 Å². The number of hydrogen-bond acceptors (Lipinski definition) is 3. The molecule has 1 N–H and O–H groups in total. The molecule has 1 heterocycles. The number of aromatic nitrogens is 1. The van der Waals surface area contributed by atoms with Gasteiger partial charge in [-0.05, 0) is 19.9 Å². The molecule has 0 aliphatic rings. The van der Waals surface area contributed by atoms with Crippen molar-refractivity contribution in [3.8, 4) is 5.88 Å². The fraction of sp³-hybridized carbons (Fsp3) is 0.444. The SMILES string of the molecule is CC(C)Oc1ncc(F)cc1CO. The molecular weight excluding hydrogens is 173 g/mol. The first-order valence-electron chi connectivity index (χ1n) is 4.05. The van der Waals surface area contributed by atoms with Gasteiger partial charge in [-0.15, -0.1) is 0 Å². The van der Waals surface area contributed by atoms with Crippen LogP contribution < -0.4 is 4.74 Å². The molecule has 72 valence electrons. The van der Waals surface area contributed by atoms with Gasteiger partial charge < -0.3 is 9.84 Å². The quantitative estimate of drug-likeness (QED) is 0.775. The van der Waals surface area contributed by atoms with Crippen molar-refractivity contribution in [1.29, 1.82) is 0 Å². The second-order valence-electron chi connectivity index (χ2n) is 2.94. The third-order valence-electron chi connectivity index (χ3n) is 1.41. The van der Waals surface area contributed by atoms with Crippen molar-refractivity contribution in [2.45, 2.75) is 26.6 Å². The molecule has 1 aromatic rings. The van der Waals surface area contributed by atoms with Crippen LogP contribution in [0.4, 0.5) is 4.39 Å². The molecule has 0 bridgehead atoms. The van der Waals surface area contributed by atoms with Crippen molar-refractivity contribution in [3.05, 3.63) is 23.6 Å². The van der Waals surface area contributed by atoms with Gasteiger partial charge in [-0.25, -0.2) is 9.37 Å². The predicted molar refractivity (Wildman–Crippen MR) is 45.9 cm³/mol. The first-order valence-corrected chi connectivity index (χ1v) is 4.05. The number of rotatable bonds is 3. The van der Waals surface area contributed by atoms with Crippen LogP contribution in [-0.2, 0) is 6.61 Å². The van der Waals surface area contributed by atoms with E-state index < -0.39 is 5.82 Å². The number of hydrogen-bond donors (Lipinski definition) is 1. The summed E-state index contributed by atoms with van der Waals surface area (Å²) in [5.41, 5.74) is 0.369. The summed E-state index contributed by atoms with van der Waals surface area (Å²) in [5.74, 6) is -0.181. The van der Waals surface area contributed by atoms with Crippen molar-refractivity contribution < 1.29 is 14.2 Å². The highest BCUT2D eigenvalue weighted by Gasteiger charge is 2.07. The Labute approximate surface area is 76.2 Å². The standard InChI is InChI=1S/C9H12FNO2/c1-6(2)13-9-7(5-12)3-8(10)4-11-9/h3-4,6,12H,5H2,1-2H3. The molecule has 3 nitrogen and oxygen atoms in total. The molecule has 0 atom stereocenters. The first-order chi connectivity index (χ1) is 6.13. The third-order valence-corrected chi connectivity index (χ3v) is 1.41. The summed E-state index contributed by atoms with van der Waals surface area (Å²) >= 11 is 0. The highest BCUT2D eigenvalue weighted by molar-refractivity contribution is 5.25. The van der Waals surface area contributed by atoms with Crippen molar-refractivity contribution >= 4 is 0 Å². The maximum atomic E-state index is 12.6. The minimum atomic E-state index is -0.472. The topological polar surface area (TPSA) is 42.4 Å². The van der Waals surface area contributed by atoms with Crippen LogP contribution in [0.5, 0.6) is 5.88 Å². The van der Waals surface area contributed by atoms with E-state index in [4.69, 9.17) is 9.84 Å². The minimum absolute atomic E-state index is 0.0386. The maximum absolute atomic E-state index is 12.6. The van der Waals surface area contributed by atoms with E-state index in [0.717, 1.165) is 6.20 Å². The van der Waals surface area contributed by atoms with E-state index in [1.165, 1.54) is 6.07 Å². The molecule has 4 heteroatoms. The summed E-state index contributed by atoms with van der Waals surface area (Å²) in [5, 5.41) is 8.87.